The highest BCUT2D eigenvalue weighted by Crippen LogP contribution is 2.01. The molecule has 0 unspecified atom stereocenters. The highest BCUT2D eigenvalue weighted by atomic mass is 16.3. The molecule has 3 nitrogen and oxygen atoms in total. The molecule has 1 aliphatic heterocycles. The highest BCUT2D eigenvalue weighted by molar-refractivity contribution is 5.62. The first-order valence-electron chi connectivity index (χ1n) is 3.11. The Morgan fingerprint density at radius 1 is 1.70 bits per heavy atom. The summed E-state index contributed by atoms with van der Waals surface area (Å²) in [6.45, 7) is 0.167. The van der Waals surface area contributed by atoms with E-state index in [4.69, 9.17) is 0 Å². The Kier molecular flexibility index (Phi) is 2.55. The maximum atomic E-state index is 9.80. The van der Waals surface area contributed by atoms with Crippen molar-refractivity contribution in [2.24, 2.45) is 10.2 Å². The van der Waals surface area contributed by atoms with Gasteiger partial charge >= 0.3 is 0 Å². The van der Waals surface area contributed by atoms with Gasteiger partial charge in [0.2, 0.25) is 0 Å². The Hall–Kier alpha value is -1.25. The Labute approximate surface area is 59.1 Å². The molecule has 0 spiro atoms. The predicted molar refractivity (Wildman–Crippen MR) is 41.0 cm³/mol. The third-order valence-electron chi connectivity index (χ3n) is 1.15. The first kappa shape index (κ1) is 6.86. The molecule has 0 radical (unpaired) electrons. The summed E-state index contributed by atoms with van der Waals surface area (Å²) in [7, 11) is 0. The van der Waals surface area contributed by atoms with Crippen LogP contribution in [0.25, 0.3) is 0 Å². The zero-order chi connectivity index (χ0) is 7.23. The molecule has 1 rings (SSSR count). The van der Waals surface area contributed by atoms with Gasteiger partial charge in [0.1, 0.15) is 6.54 Å². The molecule has 0 aromatic carbocycles. The summed E-state index contributed by atoms with van der Waals surface area (Å²) >= 11 is 0. The molecule has 0 aromatic rings. The second kappa shape index (κ2) is 3.71. The normalized spacial score (nSPS) is 16.2. The number of aliphatic imine (C=N–C) groups is 1. The zero-order valence-corrected chi connectivity index (χ0v) is 5.53. The number of hydrogen-bond acceptors (Lipinski definition) is 3. The third-order valence-corrected chi connectivity index (χ3v) is 1.15. The van der Waals surface area contributed by atoms with Crippen LogP contribution < -0.4 is 0 Å². The van der Waals surface area contributed by atoms with Crippen LogP contribution >= 0.6 is 0 Å². The molecule has 0 saturated carbocycles. The Morgan fingerprint density at radius 2 is 2.60 bits per heavy atom. The molecule has 0 fully saturated rings. The predicted octanol–water partition coefficient (Wildman–Crippen LogP) is 1.67. The lowest BCUT2D eigenvalue weighted by molar-refractivity contribution is 1.10. The van der Waals surface area contributed by atoms with Crippen LogP contribution in [0, 0.1) is 4.91 Å². The molecule has 10 heavy (non-hydrogen) atoms. The average molecular weight is 136 g/mol. The first-order valence-corrected chi connectivity index (χ1v) is 3.11. The van der Waals surface area contributed by atoms with Crippen LogP contribution in [0.1, 0.15) is 6.42 Å². The molecule has 52 valence electrons. The van der Waals surface area contributed by atoms with E-state index in [1.807, 2.05) is 12.2 Å². The molecule has 0 saturated heterocycles. The summed E-state index contributed by atoms with van der Waals surface area (Å²) in [5.41, 5.74) is 0.726. The lowest BCUT2D eigenvalue weighted by atomic mass is 10.4. The molecular weight excluding hydrogens is 128 g/mol. The fraction of sp³-hybridized carbons (Fsp3) is 0.286. The van der Waals surface area contributed by atoms with Gasteiger partial charge in [0.25, 0.3) is 0 Å². The molecule has 3 heteroatoms. The van der Waals surface area contributed by atoms with Crippen LogP contribution in [-0.2, 0) is 0 Å². The van der Waals surface area contributed by atoms with Crippen molar-refractivity contribution < 1.29 is 0 Å². The highest BCUT2D eigenvalue weighted by Gasteiger charge is 1.92. The first-order chi connectivity index (χ1) is 4.93. The number of nitroso groups, excluding NO2 is 1. The summed E-state index contributed by atoms with van der Waals surface area (Å²) in [6, 6.07) is 0. The van der Waals surface area contributed by atoms with Gasteiger partial charge in [-0.15, -0.1) is 0 Å². The molecule has 0 N–H and O–H groups in total. The van der Waals surface area contributed by atoms with E-state index in [2.05, 4.69) is 10.2 Å². The van der Waals surface area contributed by atoms with Crippen molar-refractivity contribution in [1.82, 2.24) is 0 Å². The van der Waals surface area contributed by atoms with E-state index in [-0.39, 0.29) is 6.54 Å². The fourth-order valence-corrected chi connectivity index (χ4v) is 0.691. The quantitative estimate of drug-likeness (QED) is 0.532. The van der Waals surface area contributed by atoms with Crippen LogP contribution in [-0.4, -0.2) is 12.8 Å². The molecule has 0 bridgehead atoms. The SMILES string of the molecule is O=NCC1=CC=CCC=N1. The van der Waals surface area contributed by atoms with Crippen molar-refractivity contribution in [3.05, 3.63) is 28.8 Å². The van der Waals surface area contributed by atoms with Crippen molar-refractivity contribution in [1.29, 1.82) is 0 Å². The average Bonchev–Trinajstić information content (AvgIpc) is 2.17. The molecule has 0 aromatic heterocycles. The van der Waals surface area contributed by atoms with Crippen LogP contribution in [0.4, 0.5) is 0 Å². The smallest absolute Gasteiger partial charge is 0.123 e. The second-order valence-electron chi connectivity index (χ2n) is 1.92. The van der Waals surface area contributed by atoms with E-state index >= 15 is 0 Å². The Bertz CT molecular complexity index is 204. The number of rotatable bonds is 2. The van der Waals surface area contributed by atoms with Gasteiger partial charge in [0.15, 0.2) is 0 Å². The van der Waals surface area contributed by atoms with E-state index in [1.165, 1.54) is 0 Å². The minimum absolute atomic E-state index is 0.167. The second-order valence-corrected chi connectivity index (χ2v) is 1.92. The van der Waals surface area contributed by atoms with Gasteiger partial charge in [-0.3, -0.25) is 4.99 Å². The van der Waals surface area contributed by atoms with Crippen molar-refractivity contribution in [3.63, 3.8) is 0 Å². The van der Waals surface area contributed by atoms with Gasteiger partial charge in [-0.1, -0.05) is 17.3 Å². The minimum atomic E-state index is 0.167. The van der Waals surface area contributed by atoms with Crippen LogP contribution in [0.3, 0.4) is 0 Å². The van der Waals surface area contributed by atoms with Crippen LogP contribution in [0.2, 0.25) is 0 Å². The summed E-state index contributed by atoms with van der Waals surface area (Å²) in [5, 5.41) is 2.74. The van der Waals surface area contributed by atoms with E-state index < -0.39 is 0 Å². The Balaban J connectivity index is 2.63. The van der Waals surface area contributed by atoms with Gasteiger partial charge in [-0.25, -0.2) is 0 Å². The number of hydrogen-bond donors (Lipinski definition) is 0. The van der Waals surface area contributed by atoms with E-state index in [1.54, 1.807) is 12.3 Å². The Morgan fingerprint density at radius 3 is 3.40 bits per heavy atom. The molecular formula is C7H8N2O. The lowest BCUT2D eigenvalue weighted by Gasteiger charge is -1.87. The summed E-state index contributed by atoms with van der Waals surface area (Å²) in [4.78, 5) is 13.8. The summed E-state index contributed by atoms with van der Waals surface area (Å²) < 4.78 is 0. The van der Waals surface area contributed by atoms with E-state index in [9.17, 15) is 4.91 Å². The van der Waals surface area contributed by atoms with E-state index in [0.717, 1.165) is 12.1 Å². The third kappa shape index (κ3) is 1.93. The standard InChI is InChI=1S/C7H8N2O/c10-9-6-7-4-2-1-3-5-8-7/h1-2,4-5H,3,6H2. The lowest BCUT2D eigenvalue weighted by Crippen LogP contribution is -1.82. The monoisotopic (exact) mass is 136 g/mol. The van der Waals surface area contributed by atoms with Gasteiger partial charge < -0.3 is 0 Å². The summed E-state index contributed by atoms with van der Waals surface area (Å²) in [6.07, 6.45) is 8.25. The van der Waals surface area contributed by atoms with Crippen LogP contribution in [0.5, 0.6) is 0 Å². The van der Waals surface area contributed by atoms with Gasteiger partial charge in [-0.05, 0) is 6.08 Å². The molecule has 0 amide bonds. The van der Waals surface area contributed by atoms with Gasteiger partial charge in [0.05, 0.1) is 5.70 Å². The maximum Gasteiger partial charge on any atom is 0.123 e. The maximum absolute atomic E-state index is 9.80. The molecule has 1 heterocycles. The summed E-state index contributed by atoms with van der Waals surface area (Å²) in [5.74, 6) is 0. The molecule has 0 atom stereocenters. The topological polar surface area (TPSA) is 41.8 Å². The minimum Gasteiger partial charge on any atom is -0.263 e. The van der Waals surface area contributed by atoms with Gasteiger partial charge in [0, 0.05) is 12.6 Å². The van der Waals surface area contributed by atoms with Crippen molar-refractivity contribution >= 4 is 6.21 Å². The van der Waals surface area contributed by atoms with Crippen molar-refractivity contribution in [3.8, 4) is 0 Å². The van der Waals surface area contributed by atoms with E-state index in [0.29, 0.717) is 0 Å². The zero-order valence-electron chi connectivity index (χ0n) is 5.53. The van der Waals surface area contributed by atoms with Gasteiger partial charge in [-0.2, -0.15) is 4.91 Å². The van der Waals surface area contributed by atoms with Crippen molar-refractivity contribution in [2.45, 2.75) is 6.42 Å². The largest absolute Gasteiger partial charge is 0.263 e. The van der Waals surface area contributed by atoms with Crippen LogP contribution in [0.15, 0.2) is 34.1 Å². The fourth-order valence-electron chi connectivity index (χ4n) is 0.691. The molecule has 0 aliphatic carbocycles. The number of allylic oxidation sites excluding steroid dienone is 3. The van der Waals surface area contributed by atoms with Crippen molar-refractivity contribution in [2.75, 3.05) is 6.54 Å². The molecule has 1 aliphatic rings. The number of nitrogens with zero attached hydrogens (tertiary/aromatic N) is 2.